The lowest BCUT2D eigenvalue weighted by atomic mass is 10.1. The van der Waals surface area contributed by atoms with Crippen molar-refractivity contribution in [3.63, 3.8) is 0 Å². The second-order valence-corrected chi connectivity index (χ2v) is 5.08. The van der Waals surface area contributed by atoms with Gasteiger partial charge < -0.3 is 25.6 Å². The van der Waals surface area contributed by atoms with Crippen LogP contribution in [-0.2, 0) is 19.1 Å². The van der Waals surface area contributed by atoms with Crippen LogP contribution in [-0.4, -0.2) is 64.8 Å². The number of rotatable bonds is 8. The van der Waals surface area contributed by atoms with Gasteiger partial charge in [0.1, 0.15) is 0 Å². The molecule has 1 fully saturated rings. The molecule has 0 aromatic carbocycles. The number of carbonyl (C=O) groups is 3. The van der Waals surface area contributed by atoms with Crippen molar-refractivity contribution in [1.82, 2.24) is 4.90 Å². The van der Waals surface area contributed by atoms with E-state index in [1.807, 2.05) is 0 Å². The van der Waals surface area contributed by atoms with Gasteiger partial charge in [-0.2, -0.15) is 0 Å². The number of likely N-dealkylation sites (tertiary alicyclic amines) is 1. The molecule has 120 valence electrons. The van der Waals surface area contributed by atoms with Crippen LogP contribution in [0, 0.1) is 0 Å². The van der Waals surface area contributed by atoms with Gasteiger partial charge >= 0.3 is 11.9 Å². The van der Waals surface area contributed by atoms with Crippen molar-refractivity contribution in [3.05, 3.63) is 0 Å². The number of nitrogens with two attached hydrogens (primary N) is 1. The Balaban J connectivity index is 2.26. The molecule has 1 aliphatic rings. The van der Waals surface area contributed by atoms with Crippen LogP contribution in [0.5, 0.6) is 0 Å². The number of nitrogens with zero attached hydrogens (tertiary/aromatic N) is 1. The minimum Gasteiger partial charge on any atom is -0.481 e. The van der Waals surface area contributed by atoms with Crippen molar-refractivity contribution in [2.24, 2.45) is 5.73 Å². The van der Waals surface area contributed by atoms with Gasteiger partial charge in [-0.25, -0.2) is 0 Å². The number of ether oxygens (including phenoxy) is 1. The van der Waals surface area contributed by atoms with Gasteiger partial charge in [0.25, 0.3) is 0 Å². The standard InChI is InChI=1S/C13H22N2O6/c14-10(1-2-11(16)17)13(20)15-6-3-9(4-7-15)21-8-5-12(18)19/h9-10H,1-8,14H2,(H,16,17)(H,18,19). The highest BCUT2D eigenvalue weighted by atomic mass is 16.5. The summed E-state index contributed by atoms with van der Waals surface area (Å²) >= 11 is 0. The van der Waals surface area contributed by atoms with E-state index in [1.165, 1.54) is 0 Å². The van der Waals surface area contributed by atoms with E-state index in [-0.39, 0.29) is 37.9 Å². The zero-order chi connectivity index (χ0) is 15.8. The van der Waals surface area contributed by atoms with Crippen LogP contribution in [0.2, 0.25) is 0 Å². The maximum atomic E-state index is 12.0. The Labute approximate surface area is 122 Å². The van der Waals surface area contributed by atoms with Crippen molar-refractivity contribution in [2.75, 3.05) is 19.7 Å². The summed E-state index contributed by atoms with van der Waals surface area (Å²) in [5.74, 6) is -2.10. The quantitative estimate of drug-likeness (QED) is 0.559. The van der Waals surface area contributed by atoms with Crippen LogP contribution >= 0.6 is 0 Å². The zero-order valence-corrected chi connectivity index (χ0v) is 11.9. The normalized spacial score (nSPS) is 17.5. The second kappa shape index (κ2) is 8.58. The first-order valence-corrected chi connectivity index (χ1v) is 6.99. The molecule has 1 heterocycles. The molecule has 0 aliphatic carbocycles. The van der Waals surface area contributed by atoms with Crippen molar-refractivity contribution in [2.45, 2.75) is 44.2 Å². The smallest absolute Gasteiger partial charge is 0.305 e. The Morgan fingerprint density at radius 3 is 2.24 bits per heavy atom. The summed E-state index contributed by atoms with van der Waals surface area (Å²) in [6.07, 6.45) is 1.21. The van der Waals surface area contributed by atoms with Gasteiger partial charge in [0.2, 0.25) is 5.91 Å². The summed E-state index contributed by atoms with van der Waals surface area (Å²) in [5, 5.41) is 17.1. The van der Waals surface area contributed by atoms with Crippen LogP contribution in [0.15, 0.2) is 0 Å². The summed E-state index contributed by atoms with van der Waals surface area (Å²) in [6.45, 7) is 1.17. The first kappa shape index (κ1) is 17.4. The Morgan fingerprint density at radius 2 is 1.71 bits per heavy atom. The molecule has 1 unspecified atom stereocenters. The number of amides is 1. The number of hydrogen-bond donors (Lipinski definition) is 3. The molecule has 0 radical (unpaired) electrons. The maximum absolute atomic E-state index is 12.0. The molecule has 0 saturated carbocycles. The van der Waals surface area contributed by atoms with Crippen molar-refractivity contribution < 1.29 is 29.3 Å². The van der Waals surface area contributed by atoms with Gasteiger partial charge in [-0.15, -0.1) is 0 Å². The van der Waals surface area contributed by atoms with Crippen LogP contribution in [0.4, 0.5) is 0 Å². The highest BCUT2D eigenvalue weighted by Crippen LogP contribution is 2.15. The van der Waals surface area contributed by atoms with Gasteiger partial charge in [-0.1, -0.05) is 0 Å². The number of piperidine rings is 1. The molecule has 21 heavy (non-hydrogen) atoms. The zero-order valence-electron chi connectivity index (χ0n) is 11.9. The van der Waals surface area contributed by atoms with Gasteiger partial charge in [0.05, 0.1) is 25.2 Å². The van der Waals surface area contributed by atoms with E-state index in [4.69, 9.17) is 20.7 Å². The minimum atomic E-state index is -0.969. The molecule has 1 saturated heterocycles. The molecule has 0 spiro atoms. The Hall–Kier alpha value is -1.67. The molecule has 1 atom stereocenters. The molecular weight excluding hydrogens is 280 g/mol. The Kier molecular flexibility index (Phi) is 7.10. The van der Waals surface area contributed by atoms with Crippen molar-refractivity contribution in [1.29, 1.82) is 0 Å². The largest absolute Gasteiger partial charge is 0.481 e. The van der Waals surface area contributed by atoms with Crippen molar-refractivity contribution >= 4 is 17.8 Å². The molecule has 8 heteroatoms. The topological polar surface area (TPSA) is 130 Å². The number of hydrogen-bond acceptors (Lipinski definition) is 5. The first-order valence-electron chi connectivity index (χ1n) is 6.99. The minimum absolute atomic E-state index is 0.0286. The highest BCUT2D eigenvalue weighted by Gasteiger charge is 2.26. The van der Waals surface area contributed by atoms with E-state index < -0.39 is 18.0 Å². The summed E-state index contributed by atoms with van der Waals surface area (Å²) in [7, 11) is 0. The number of carboxylic acid groups (broad SMARTS) is 2. The number of carboxylic acids is 2. The van der Waals surface area contributed by atoms with Crippen LogP contribution in [0.3, 0.4) is 0 Å². The van der Waals surface area contributed by atoms with E-state index in [0.29, 0.717) is 25.9 Å². The molecule has 1 rings (SSSR count). The van der Waals surface area contributed by atoms with Crippen LogP contribution in [0.1, 0.15) is 32.1 Å². The van der Waals surface area contributed by atoms with Gasteiger partial charge in [-0.05, 0) is 19.3 Å². The van der Waals surface area contributed by atoms with Crippen LogP contribution < -0.4 is 5.73 Å². The Bertz CT molecular complexity index is 379. The molecular formula is C13H22N2O6. The van der Waals surface area contributed by atoms with Gasteiger partial charge in [-0.3, -0.25) is 14.4 Å². The predicted octanol–water partition coefficient (Wildman–Crippen LogP) is -0.339. The molecule has 8 nitrogen and oxygen atoms in total. The molecule has 0 aromatic rings. The van der Waals surface area contributed by atoms with Crippen molar-refractivity contribution in [3.8, 4) is 0 Å². The summed E-state index contributed by atoms with van der Waals surface area (Å²) in [6, 6.07) is -0.787. The molecule has 1 aliphatic heterocycles. The third-order valence-corrected chi connectivity index (χ3v) is 3.41. The number of carbonyl (C=O) groups excluding carboxylic acids is 1. The SMILES string of the molecule is NC(CCC(=O)O)C(=O)N1CCC(OCCC(=O)O)CC1. The highest BCUT2D eigenvalue weighted by molar-refractivity contribution is 5.82. The summed E-state index contributed by atoms with van der Waals surface area (Å²) in [4.78, 5) is 34.5. The lowest BCUT2D eigenvalue weighted by Gasteiger charge is -2.33. The number of aliphatic carboxylic acids is 2. The van der Waals surface area contributed by atoms with Gasteiger partial charge in [0, 0.05) is 19.5 Å². The summed E-state index contributed by atoms with van der Waals surface area (Å²) < 4.78 is 5.43. The third-order valence-electron chi connectivity index (χ3n) is 3.41. The Morgan fingerprint density at radius 1 is 1.14 bits per heavy atom. The van der Waals surface area contributed by atoms with E-state index in [2.05, 4.69) is 0 Å². The van der Waals surface area contributed by atoms with E-state index in [1.54, 1.807) is 4.90 Å². The predicted molar refractivity (Wildman–Crippen MR) is 72.7 cm³/mol. The van der Waals surface area contributed by atoms with E-state index >= 15 is 0 Å². The second-order valence-electron chi connectivity index (χ2n) is 5.08. The molecule has 4 N–H and O–H groups in total. The lowest BCUT2D eigenvalue weighted by molar-refractivity contribution is -0.139. The fraction of sp³-hybridized carbons (Fsp3) is 0.769. The lowest BCUT2D eigenvalue weighted by Crippen LogP contribution is -2.48. The first-order chi connectivity index (χ1) is 9.90. The monoisotopic (exact) mass is 302 g/mol. The van der Waals surface area contributed by atoms with E-state index in [9.17, 15) is 14.4 Å². The average molecular weight is 302 g/mol. The van der Waals surface area contributed by atoms with Crippen LogP contribution in [0.25, 0.3) is 0 Å². The fourth-order valence-electron chi connectivity index (χ4n) is 2.19. The van der Waals surface area contributed by atoms with E-state index in [0.717, 1.165) is 0 Å². The van der Waals surface area contributed by atoms with Gasteiger partial charge in [0.15, 0.2) is 0 Å². The molecule has 1 amide bonds. The fourth-order valence-corrected chi connectivity index (χ4v) is 2.19. The summed E-state index contributed by atoms with van der Waals surface area (Å²) in [5.41, 5.74) is 5.69. The average Bonchev–Trinajstić information content (AvgIpc) is 2.44. The third kappa shape index (κ3) is 6.54. The molecule has 0 bridgehead atoms. The maximum Gasteiger partial charge on any atom is 0.305 e. The molecule has 0 aromatic heterocycles.